The van der Waals surface area contributed by atoms with Crippen molar-refractivity contribution in [2.45, 2.75) is 198 Å². The number of amides is 1. The van der Waals surface area contributed by atoms with E-state index in [1.54, 1.807) is 0 Å². The standard InChI is InChI=1S/C34H66NO11P/c1-3-5-7-9-11-13-15-17-19-21-26(37)23-29(39)35-31-33(32(41)28(25-36)45-34(31)47(42,43)44)46-30(40)24-27(38)22-20-18-16-14-12-10-8-6-4-2/h26-28,31-34,36-38,41H,3-25H2,1-2H3,(H,35,39)(H2,42,43,44)/t26?,27?,28-,31-,32-,33-,34-/m1/s1. The number of esters is 1. The SMILES string of the molecule is CCCCCCCCCCCC(O)CC(=O)N[C@@H]1[C@@H](OC(=O)CC(O)CCCCCCCCCCC)[C@H](O)[C@@H](CO)O[C@@H]1P(=O)(O)O. The molecular weight excluding hydrogens is 629 g/mol. The topological polar surface area (TPSA) is 203 Å². The summed E-state index contributed by atoms with van der Waals surface area (Å²) in [7, 11) is -5.11. The van der Waals surface area contributed by atoms with E-state index in [9.17, 15) is 44.4 Å². The van der Waals surface area contributed by atoms with Gasteiger partial charge in [0, 0.05) is 0 Å². The maximum absolute atomic E-state index is 12.9. The molecule has 1 aliphatic rings. The highest BCUT2D eigenvalue weighted by Gasteiger charge is 2.54. The number of unbranched alkanes of at least 4 members (excludes halogenated alkanes) is 16. The maximum Gasteiger partial charge on any atom is 0.356 e. The van der Waals surface area contributed by atoms with Crippen molar-refractivity contribution in [1.29, 1.82) is 0 Å². The zero-order valence-electron chi connectivity index (χ0n) is 29.0. The molecule has 0 bridgehead atoms. The smallest absolute Gasteiger partial charge is 0.356 e. The van der Waals surface area contributed by atoms with Gasteiger partial charge >= 0.3 is 13.6 Å². The summed E-state index contributed by atoms with van der Waals surface area (Å²) in [6.07, 6.45) is 12.9. The van der Waals surface area contributed by atoms with Gasteiger partial charge in [0.25, 0.3) is 0 Å². The van der Waals surface area contributed by atoms with Gasteiger partial charge < -0.3 is 45.0 Å². The molecule has 1 heterocycles. The quantitative estimate of drug-likeness (QED) is 0.0330. The molecule has 0 radical (unpaired) electrons. The lowest BCUT2D eigenvalue weighted by Crippen LogP contribution is -2.65. The molecule has 0 aromatic rings. The van der Waals surface area contributed by atoms with Crippen LogP contribution in [0.25, 0.3) is 0 Å². The Hall–Kier alpha value is -1.11. The highest BCUT2D eigenvalue weighted by Crippen LogP contribution is 2.47. The highest BCUT2D eigenvalue weighted by atomic mass is 31.2. The van der Waals surface area contributed by atoms with Crippen LogP contribution in [0.15, 0.2) is 0 Å². The number of aliphatic hydroxyl groups is 4. The normalized spacial score (nSPS) is 22.9. The average molecular weight is 696 g/mol. The van der Waals surface area contributed by atoms with Crippen LogP contribution >= 0.6 is 7.60 Å². The first kappa shape index (κ1) is 43.9. The zero-order valence-corrected chi connectivity index (χ0v) is 29.9. The highest BCUT2D eigenvalue weighted by molar-refractivity contribution is 7.52. The van der Waals surface area contributed by atoms with Crippen LogP contribution in [0.1, 0.15) is 155 Å². The summed E-state index contributed by atoms with van der Waals surface area (Å²) in [6, 6.07) is -1.67. The van der Waals surface area contributed by atoms with Gasteiger partial charge in [-0.25, -0.2) is 0 Å². The Balaban J connectivity index is 2.66. The number of aliphatic hydroxyl groups excluding tert-OH is 4. The molecule has 12 nitrogen and oxygen atoms in total. The van der Waals surface area contributed by atoms with E-state index in [0.717, 1.165) is 51.4 Å². The molecule has 1 aliphatic heterocycles. The fourth-order valence-electron chi connectivity index (χ4n) is 6.10. The van der Waals surface area contributed by atoms with E-state index < -0.39 is 74.9 Å². The van der Waals surface area contributed by atoms with Gasteiger partial charge in [-0.2, -0.15) is 0 Å². The third-order valence-corrected chi connectivity index (χ3v) is 10.0. The van der Waals surface area contributed by atoms with E-state index >= 15 is 0 Å². The minimum atomic E-state index is -5.11. The molecule has 1 fully saturated rings. The Morgan fingerprint density at radius 2 is 1.17 bits per heavy atom. The van der Waals surface area contributed by atoms with Gasteiger partial charge in [-0.15, -0.1) is 0 Å². The van der Waals surface area contributed by atoms with Gasteiger partial charge in [-0.05, 0) is 12.8 Å². The van der Waals surface area contributed by atoms with Gasteiger partial charge in [0.2, 0.25) is 5.91 Å². The second-order valence-corrected chi connectivity index (χ2v) is 15.0. The molecule has 13 heteroatoms. The summed E-state index contributed by atoms with van der Waals surface area (Å²) in [5.74, 6) is -3.71. The number of ether oxygens (including phenoxy) is 2. The number of rotatable bonds is 28. The van der Waals surface area contributed by atoms with Gasteiger partial charge in [-0.1, -0.05) is 129 Å². The molecule has 0 aromatic carbocycles. The predicted octanol–water partition coefficient (Wildman–Crippen LogP) is 4.98. The summed E-state index contributed by atoms with van der Waals surface area (Å²) in [6.45, 7) is 3.53. The molecule has 7 atom stereocenters. The molecule has 1 amide bonds. The van der Waals surface area contributed by atoms with E-state index in [-0.39, 0.29) is 6.42 Å². The van der Waals surface area contributed by atoms with Crippen molar-refractivity contribution in [3.63, 3.8) is 0 Å². The van der Waals surface area contributed by atoms with Crippen LogP contribution in [-0.2, 0) is 23.6 Å². The summed E-state index contributed by atoms with van der Waals surface area (Å²) in [5.41, 5.74) is 0. The molecule has 1 saturated heterocycles. The van der Waals surface area contributed by atoms with Crippen LogP contribution in [0.4, 0.5) is 0 Å². The first-order valence-corrected chi connectivity index (χ1v) is 20.0. The van der Waals surface area contributed by atoms with Gasteiger partial charge in [-0.3, -0.25) is 14.2 Å². The Morgan fingerprint density at radius 1 is 0.745 bits per heavy atom. The molecule has 278 valence electrons. The molecule has 2 unspecified atom stereocenters. The summed E-state index contributed by atoms with van der Waals surface area (Å²) in [5, 5.41) is 43.8. The van der Waals surface area contributed by atoms with Crippen molar-refractivity contribution in [3.8, 4) is 0 Å². The molecule has 7 N–H and O–H groups in total. The predicted molar refractivity (Wildman–Crippen MR) is 181 cm³/mol. The average Bonchev–Trinajstić information content (AvgIpc) is 3.00. The number of hydrogen-bond acceptors (Lipinski definition) is 9. The fraction of sp³-hybridized carbons (Fsp3) is 0.941. The molecule has 1 rings (SSSR count). The van der Waals surface area contributed by atoms with Crippen molar-refractivity contribution in [2.75, 3.05) is 6.61 Å². The largest absolute Gasteiger partial charge is 0.457 e. The van der Waals surface area contributed by atoms with Crippen molar-refractivity contribution >= 4 is 19.5 Å². The monoisotopic (exact) mass is 695 g/mol. The van der Waals surface area contributed by atoms with Crippen molar-refractivity contribution < 1.29 is 53.8 Å². The van der Waals surface area contributed by atoms with E-state index in [2.05, 4.69) is 19.2 Å². The van der Waals surface area contributed by atoms with Crippen LogP contribution in [0.2, 0.25) is 0 Å². The lowest BCUT2D eigenvalue weighted by molar-refractivity contribution is -0.201. The molecule has 0 aliphatic carbocycles. The summed E-state index contributed by atoms with van der Waals surface area (Å²) in [4.78, 5) is 45.7. The Morgan fingerprint density at radius 3 is 1.60 bits per heavy atom. The van der Waals surface area contributed by atoms with Crippen LogP contribution in [0, 0.1) is 0 Å². The molecular formula is C34H66NO11P. The molecule has 0 aromatic heterocycles. The van der Waals surface area contributed by atoms with Crippen LogP contribution in [-0.4, -0.2) is 91.1 Å². The van der Waals surface area contributed by atoms with E-state index in [1.807, 2.05) is 0 Å². The number of hydrogen-bond donors (Lipinski definition) is 7. The van der Waals surface area contributed by atoms with E-state index in [1.165, 1.54) is 64.2 Å². The molecule has 0 saturated carbocycles. The minimum absolute atomic E-state index is 0.362. The second-order valence-electron chi connectivity index (χ2n) is 13.3. The molecule has 0 spiro atoms. The van der Waals surface area contributed by atoms with Gasteiger partial charge in [0.05, 0.1) is 31.7 Å². The lowest BCUT2D eigenvalue weighted by atomic mass is 9.97. The van der Waals surface area contributed by atoms with E-state index in [4.69, 9.17) is 9.47 Å². The van der Waals surface area contributed by atoms with Crippen molar-refractivity contribution in [1.82, 2.24) is 5.32 Å². The van der Waals surface area contributed by atoms with Crippen LogP contribution in [0.5, 0.6) is 0 Å². The zero-order chi connectivity index (χ0) is 35.1. The Kier molecular flexibility index (Phi) is 24.1. The van der Waals surface area contributed by atoms with Crippen LogP contribution < -0.4 is 5.32 Å². The van der Waals surface area contributed by atoms with E-state index in [0.29, 0.717) is 12.8 Å². The fourth-order valence-corrected chi connectivity index (χ4v) is 7.08. The lowest BCUT2D eigenvalue weighted by Gasteiger charge is -2.44. The number of carbonyl (C=O) groups is 2. The summed E-state index contributed by atoms with van der Waals surface area (Å²) < 4.78 is 23.1. The minimum Gasteiger partial charge on any atom is -0.457 e. The first-order valence-electron chi connectivity index (χ1n) is 18.3. The molecule has 47 heavy (non-hydrogen) atoms. The van der Waals surface area contributed by atoms with Crippen molar-refractivity contribution in [3.05, 3.63) is 0 Å². The van der Waals surface area contributed by atoms with Gasteiger partial charge in [0.15, 0.2) is 11.9 Å². The second kappa shape index (κ2) is 25.8. The maximum atomic E-state index is 12.9. The third-order valence-electron chi connectivity index (χ3n) is 8.90. The Labute approximate surface area is 282 Å². The van der Waals surface area contributed by atoms with Crippen molar-refractivity contribution in [2.24, 2.45) is 0 Å². The number of carbonyl (C=O) groups excluding carboxylic acids is 2. The Bertz CT molecular complexity index is 873. The van der Waals surface area contributed by atoms with Crippen LogP contribution in [0.3, 0.4) is 0 Å². The third kappa shape index (κ3) is 19.6. The summed E-state index contributed by atoms with van der Waals surface area (Å²) >= 11 is 0. The first-order chi connectivity index (χ1) is 22.4. The number of nitrogens with one attached hydrogen (secondary N) is 1. The van der Waals surface area contributed by atoms with Gasteiger partial charge in [0.1, 0.15) is 18.2 Å².